The van der Waals surface area contributed by atoms with E-state index >= 15 is 0 Å². The predicted octanol–water partition coefficient (Wildman–Crippen LogP) is 1.81. The van der Waals surface area contributed by atoms with Crippen molar-refractivity contribution >= 4 is 23.0 Å². The number of ketones is 1. The summed E-state index contributed by atoms with van der Waals surface area (Å²) in [7, 11) is 0. The number of carbonyl (C=O) groups is 1. The summed E-state index contributed by atoms with van der Waals surface area (Å²) in [4.78, 5) is 12.1. The molecule has 0 atom stereocenters. The Bertz CT molecular complexity index is 308. The predicted molar refractivity (Wildman–Crippen MR) is 57.0 cm³/mol. The molecule has 0 heterocycles. The Kier molecular flexibility index (Phi) is 3.58. The molecule has 1 rings (SSSR count). The maximum absolute atomic E-state index is 11.4. The molecule has 2 nitrogen and oxygen atoms in total. The van der Waals surface area contributed by atoms with Crippen LogP contribution in [0.25, 0.3) is 0 Å². The van der Waals surface area contributed by atoms with Gasteiger partial charge < -0.3 is 5.32 Å². The molecule has 0 bridgehead atoms. The summed E-state index contributed by atoms with van der Waals surface area (Å²) in [5.41, 5.74) is 0.714. The quantitative estimate of drug-likeness (QED) is 0.586. The van der Waals surface area contributed by atoms with Gasteiger partial charge in [-0.2, -0.15) is 0 Å². The van der Waals surface area contributed by atoms with Gasteiger partial charge in [-0.3, -0.25) is 4.79 Å². The van der Waals surface area contributed by atoms with E-state index in [1.807, 2.05) is 18.2 Å². The number of Topliss-reactive ketones (excluding diaryl/α,β-unsaturated/α-hetero) is 1. The minimum atomic E-state index is 0.0600. The Labute approximate surface area is 83.0 Å². The third-order valence-corrected chi connectivity index (χ3v) is 1.74. The maximum atomic E-state index is 11.4. The molecule has 0 saturated heterocycles. The molecule has 3 heteroatoms. The molecular weight excluding hydrogens is 182 g/mol. The van der Waals surface area contributed by atoms with Gasteiger partial charge in [0.1, 0.15) is 0 Å². The zero-order chi connectivity index (χ0) is 9.68. The second-order valence-electron chi connectivity index (χ2n) is 2.70. The number of carbonyl (C=O) groups excluding carboxylic acids is 1. The molecule has 1 N–H and O–H groups in total. The Morgan fingerprint density at radius 2 is 2.00 bits per heavy atom. The number of thiocarbonyl (C=S) groups is 1. The van der Waals surface area contributed by atoms with Gasteiger partial charge in [-0.1, -0.05) is 42.5 Å². The van der Waals surface area contributed by atoms with Crippen LogP contribution in [-0.2, 0) is 0 Å². The third-order valence-electron chi connectivity index (χ3n) is 1.59. The van der Waals surface area contributed by atoms with E-state index in [2.05, 4.69) is 5.32 Å². The van der Waals surface area contributed by atoms with Crippen LogP contribution in [0.3, 0.4) is 0 Å². The summed E-state index contributed by atoms with van der Waals surface area (Å²) in [6, 6.07) is 9.16. The molecule has 68 valence electrons. The van der Waals surface area contributed by atoms with Crippen molar-refractivity contribution in [1.82, 2.24) is 5.32 Å². The monoisotopic (exact) mass is 193 g/mol. The van der Waals surface area contributed by atoms with Crippen molar-refractivity contribution in [3.05, 3.63) is 35.9 Å². The van der Waals surface area contributed by atoms with E-state index in [4.69, 9.17) is 12.2 Å². The molecule has 0 spiro atoms. The molecular formula is C10H11NOS. The van der Waals surface area contributed by atoms with Crippen LogP contribution in [0.5, 0.6) is 0 Å². The summed E-state index contributed by atoms with van der Waals surface area (Å²) in [5.74, 6) is 0.0600. The Morgan fingerprint density at radius 1 is 1.38 bits per heavy atom. The third kappa shape index (κ3) is 3.34. The van der Waals surface area contributed by atoms with E-state index in [0.29, 0.717) is 10.6 Å². The van der Waals surface area contributed by atoms with Gasteiger partial charge in [0.25, 0.3) is 0 Å². The molecule has 0 aliphatic heterocycles. The average molecular weight is 193 g/mol. The maximum Gasteiger partial charge on any atom is 0.181 e. The smallest absolute Gasteiger partial charge is 0.181 e. The Morgan fingerprint density at radius 3 is 2.54 bits per heavy atom. The molecule has 0 aromatic heterocycles. The Hall–Kier alpha value is -1.22. The molecule has 0 radical (unpaired) electrons. The lowest BCUT2D eigenvalue weighted by Gasteiger charge is -2.02. The average Bonchev–Trinajstić information content (AvgIpc) is 2.15. The molecule has 0 saturated carbocycles. The van der Waals surface area contributed by atoms with Crippen molar-refractivity contribution in [3.8, 4) is 0 Å². The van der Waals surface area contributed by atoms with Crippen LogP contribution in [0, 0.1) is 0 Å². The topological polar surface area (TPSA) is 29.1 Å². The molecule has 0 aliphatic rings. The lowest BCUT2D eigenvalue weighted by molar-refractivity contribution is 0.0996. The second-order valence-corrected chi connectivity index (χ2v) is 3.31. The van der Waals surface area contributed by atoms with Crippen LogP contribution in [-0.4, -0.2) is 17.3 Å². The normalized spacial score (nSPS) is 9.31. The molecule has 0 amide bonds. The first-order valence-corrected chi connectivity index (χ1v) is 4.43. The lowest BCUT2D eigenvalue weighted by Crippen LogP contribution is -2.25. The highest BCUT2D eigenvalue weighted by atomic mass is 32.1. The minimum absolute atomic E-state index is 0.0600. The van der Waals surface area contributed by atoms with E-state index in [9.17, 15) is 4.79 Å². The first-order valence-electron chi connectivity index (χ1n) is 4.03. The van der Waals surface area contributed by atoms with Crippen LogP contribution in [0.2, 0.25) is 0 Å². The summed E-state index contributed by atoms with van der Waals surface area (Å²) >= 11 is 4.80. The summed E-state index contributed by atoms with van der Waals surface area (Å²) in [5, 5.41) is 2.83. The van der Waals surface area contributed by atoms with Gasteiger partial charge in [0.2, 0.25) is 0 Å². The lowest BCUT2D eigenvalue weighted by atomic mass is 10.1. The van der Waals surface area contributed by atoms with Gasteiger partial charge in [-0.05, 0) is 6.92 Å². The van der Waals surface area contributed by atoms with E-state index in [1.54, 1.807) is 19.1 Å². The standard InChI is InChI=1S/C10H11NOS/c1-8(13)11-7-10(12)9-5-3-2-4-6-9/h2-6H,7H2,1H3,(H,11,13). The van der Waals surface area contributed by atoms with Crippen LogP contribution in [0.1, 0.15) is 17.3 Å². The van der Waals surface area contributed by atoms with Gasteiger partial charge in [0.05, 0.1) is 11.5 Å². The molecule has 0 fully saturated rings. The number of hydrogen-bond acceptors (Lipinski definition) is 2. The van der Waals surface area contributed by atoms with Gasteiger partial charge in [0.15, 0.2) is 5.78 Å². The highest BCUT2D eigenvalue weighted by Gasteiger charge is 2.03. The summed E-state index contributed by atoms with van der Waals surface area (Å²) in [6.45, 7) is 2.03. The highest BCUT2D eigenvalue weighted by Crippen LogP contribution is 1.98. The number of nitrogens with one attached hydrogen (secondary N) is 1. The zero-order valence-electron chi connectivity index (χ0n) is 7.41. The minimum Gasteiger partial charge on any atom is -0.372 e. The fraction of sp³-hybridized carbons (Fsp3) is 0.200. The SMILES string of the molecule is CC(=S)NCC(=O)c1ccccc1. The van der Waals surface area contributed by atoms with Gasteiger partial charge in [-0.15, -0.1) is 0 Å². The first-order chi connectivity index (χ1) is 6.20. The molecule has 0 aliphatic carbocycles. The fourth-order valence-corrected chi connectivity index (χ4v) is 1.00. The van der Waals surface area contributed by atoms with E-state index < -0.39 is 0 Å². The second kappa shape index (κ2) is 4.72. The summed E-state index contributed by atoms with van der Waals surface area (Å²) in [6.07, 6.45) is 0. The van der Waals surface area contributed by atoms with Crippen molar-refractivity contribution in [3.63, 3.8) is 0 Å². The fourth-order valence-electron chi connectivity index (χ4n) is 0.931. The summed E-state index contributed by atoms with van der Waals surface area (Å²) < 4.78 is 0. The largest absolute Gasteiger partial charge is 0.372 e. The van der Waals surface area contributed by atoms with Gasteiger partial charge >= 0.3 is 0 Å². The van der Waals surface area contributed by atoms with Crippen LogP contribution < -0.4 is 5.32 Å². The number of benzene rings is 1. The van der Waals surface area contributed by atoms with Crippen LogP contribution >= 0.6 is 12.2 Å². The molecule has 0 unspecified atom stereocenters. The van der Waals surface area contributed by atoms with E-state index in [0.717, 1.165) is 0 Å². The van der Waals surface area contributed by atoms with E-state index in [1.165, 1.54) is 0 Å². The highest BCUT2D eigenvalue weighted by molar-refractivity contribution is 7.80. The van der Waals surface area contributed by atoms with Crippen LogP contribution in [0.4, 0.5) is 0 Å². The molecule has 13 heavy (non-hydrogen) atoms. The van der Waals surface area contributed by atoms with Crippen molar-refractivity contribution in [2.24, 2.45) is 0 Å². The zero-order valence-corrected chi connectivity index (χ0v) is 8.23. The van der Waals surface area contributed by atoms with Crippen molar-refractivity contribution in [2.45, 2.75) is 6.92 Å². The Balaban J connectivity index is 2.54. The van der Waals surface area contributed by atoms with Crippen molar-refractivity contribution in [2.75, 3.05) is 6.54 Å². The molecule has 1 aromatic rings. The first kappa shape index (κ1) is 9.86. The van der Waals surface area contributed by atoms with Crippen molar-refractivity contribution in [1.29, 1.82) is 0 Å². The van der Waals surface area contributed by atoms with Gasteiger partial charge in [0, 0.05) is 5.56 Å². The van der Waals surface area contributed by atoms with Crippen LogP contribution in [0.15, 0.2) is 30.3 Å². The number of hydrogen-bond donors (Lipinski definition) is 1. The molecule has 1 aromatic carbocycles. The number of rotatable bonds is 3. The van der Waals surface area contributed by atoms with Crippen molar-refractivity contribution < 1.29 is 4.79 Å². The van der Waals surface area contributed by atoms with E-state index in [-0.39, 0.29) is 12.3 Å². The van der Waals surface area contributed by atoms with Gasteiger partial charge in [-0.25, -0.2) is 0 Å².